The van der Waals surface area contributed by atoms with E-state index in [1.54, 1.807) is 0 Å². The van der Waals surface area contributed by atoms with Crippen molar-refractivity contribution < 1.29 is 0 Å². The molecule has 0 unspecified atom stereocenters. The van der Waals surface area contributed by atoms with Gasteiger partial charge in [0.15, 0.2) is 0 Å². The van der Waals surface area contributed by atoms with E-state index in [4.69, 9.17) is 4.98 Å². The van der Waals surface area contributed by atoms with Crippen LogP contribution in [-0.2, 0) is 0 Å². The molecule has 1 heterocycles. The number of fused-ring (bicyclic) bond motifs is 2. The topological polar surface area (TPSA) is 24.9 Å². The van der Waals surface area contributed by atoms with Crippen molar-refractivity contribution in [2.45, 2.75) is 19.9 Å². The van der Waals surface area contributed by atoms with Crippen LogP contribution in [0.25, 0.3) is 32.8 Å². The van der Waals surface area contributed by atoms with Gasteiger partial charge in [-0.2, -0.15) is 0 Å². The first-order valence-electron chi connectivity index (χ1n) is 8.36. The third kappa shape index (κ3) is 2.50. The molecule has 0 spiro atoms. The second-order valence-electron chi connectivity index (χ2n) is 6.39. The lowest BCUT2D eigenvalue weighted by Gasteiger charge is -2.18. The fraction of sp³-hybridized carbons (Fsp3) is 0.136. The van der Waals surface area contributed by atoms with Crippen LogP contribution in [0.4, 0.5) is 5.69 Å². The average Bonchev–Trinajstić information content (AvgIpc) is 2.61. The molecule has 0 saturated carbocycles. The van der Waals surface area contributed by atoms with Gasteiger partial charge in [-0.05, 0) is 42.1 Å². The summed E-state index contributed by atoms with van der Waals surface area (Å²) in [7, 11) is 0. The summed E-state index contributed by atoms with van der Waals surface area (Å²) in [5.41, 5.74) is 3.35. The fourth-order valence-corrected chi connectivity index (χ4v) is 3.28. The molecule has 0 bridgehead atoms. The van der Waals surface area contributed by atoms with E-state index in [2.05, 4.69) is 85.9 Å². The van der Waals surface area contributed by atoms with Gasteiger partial charge in [-0.15, -0.1) is 0 Å². The number of hydrogen-bond acceptors (Lipinski definition) is 2. The van der Waals surface area contributed by atoms with Crippen molar-refractivity contribution in [1.82, 2.24) is 4.98 Å². The van der Waals surface area contributed by atoms with Crippen LogP contribution in [0, 0.1) is 0 Å². The van der Waals surface area contributed by atoms with Crippen LogP contribution in [0.1, 0.15) is 13.8 Å². The van der Waals surface area contributed by atoms with E-state index < -0.39 is 0 Å². The summed E-state index contributed by atoms with van der Waals surface area (Å²) in [5.74, 6) is 0. The monoisotopic (exact) mass is 312 g/mol. The minimum atomic E-state index is 0.361. The van der Waals surface area contributed by atoms with Crippen molar-refractivity contribution in [3.8, 4) is 11.3 Å². The van der Waals surface area contributed by atoms with Crippen molar-refractivity contribution in [3.63, 3.8) is 0 Å². The van der Waals surface area contributed by atoms with Crippen molar-refractivity contribution in [3.05, 3.63) is 72.9 Å². The molecule has 0 amide bonds. The molecule has 1 aromatic heterocycles. The summed E-state index contributed by atoms with van der Waals surface area (Å²) < 4.78 is 0. The molecule has 0 radical (unpaired) electrons. The number of rotatable bonds is 3. The maximum absolute atomic E-state index is 4.76. The van der Waals surface area contributed by atoms with Gasteiger partial charge in [-0.1, -0.05) is 54.6 Å². The van der Waals surface area contributed by atoms with Crippen LogP contribution in [0.15, 0.2) is 72.9 Å². The fourth-order valence-electron chi connectivity index (χ4n) is 3.28. The van der Waals surface area contributed by atoms with Gasteiger partial charge in [0, 0.05) is 28.9 Å². The third-order valence-corrected chi connectivity index (χ3v) is 4.28. The lowest BCUT2D eigenvalue weighted by atomic mass is 9.96. The van der Waals surface area contributed by atoms with E-state index >= 15 is 0 Å². The van der Waals surface area contributed by atoms with Gasteiger partial charge < -0.3 is 5.32 Å². The first-order valence-corrected chi connectivity index (χ1v) is 8.36. The summed E-state index contributed by atoms with van der Waals surface area (Å²) >= 11 is 0. The van der Waals surface area contributed by atoms with Gasteiger partial charge in [0.2, 0.25) is 0 Å². The second-order valence-corrected chi connectivity index (χ2v) is 6.39. The molecule has 0 aliphatic carbocycles. The van der Waals surface area contributed by atoms with Crippen LogP contribution in [0.3, 0.4) is 0 Å². The van der Waals surface area contributed by atoms with Crippen molar-refractivity contribution in [2.24, 2.45) is 0 Å². The average molecular weight is 312 g/mol. The van der Waals surface area contributed by atoms with Gasteiger partial charge in [0.05, 0.1) is 5.69 Å². The minimum absolute atomic E-state index is 0.361. The van der Waals surface area contributed by atoms with Crippen LogP contribution in [0.5, 0.6) is 0 Å². The highest BCUT2D eigenvalue weighted by molar-refractivity contribution is 6.08. The van der Waals surface area contributed by atoms with E-state index in [1.165, 1.54) is 27.1 Å². The number of hydrogen-bond donors (Lipinski definition) is 1. The second kappa shape index (κ2) is 5.97. The Morgan fingerprint density at radius 1 is 0.750 bits per heavy atom. The zero-order valence-electron chi connectivity index (χ0n) is 14.0. The van der Waals surface area contributed by atoms with Gasteiger partial charge in [-0.3, -0.25) is 4.98 Å². The highest BCUT2D eigenvalue weighted by Crippen LogP contribution is 2.38. The van der Waals surface area contributed by atoms with Crippen LogP contribution >= 0.6 is 0 Å². The standard InChI is InChI=1S/C22H20N2/c1-15(2)24-20-12-11-16-7-3-5-9-18(16)21(20)22-19-10-6-4-8-17(19)13-14-23-22/h3-15,24H,1-2H3. The lowest BCUT2D eigenvalue weighted by molar-refractivity contribution is 0.900. The number of pyridine rings is 1. The Hall–Kier alpha value is -2.87. The zero-order valence-corrected chi connectivity index (χ0v) is 14.0. The summed E-state index contributed by atoms with van der Waals surface area (Å²) in [6.45, 7) is 4.32. The van der Waals surface area contributed by atoms with Crippen LogP contribution in [0.2, 0.25) is 0 Å². The Bertz CT molecular complexity index is 1010. The van der Waals surface area contributed by atoms with E-state index in [9.17, 15) is 0 Å². The van der Waals surface area contributed by atoms with Crippen LogP contribution in [-0.4, -0.2) is 11.0 Å². The van der Waals surface area contributed by atoms with Gasteiger partial charge in [0.25, 0.3) is 0 Å². The number of nitrogens with zero attached hydrogens (tertiary/aromatic N) is 1. The Morgan fingerprint density at radius 3 is 2.17 bits per heavy atom. The maximum Gasteiger partial charge on any atom is 0.0807 e. The highest BCUT2D eigenvalue weighted by atomic mass is 14.9. The number of anilines is 1. The van der Waals surface area contributed by atoms with E-state index in [1.807, 2.05) is 6.20 Å². The quantitative estimate of drug-likeness (QED) is 0.511. The molecule has 0 atom stereocenters. The van der Waals surface area contributed by atoms with Crippen molar-refractivity contribution >= 4 is 27.2 Å². The molecule has 1 N–H and O–H groups in total. The first kappa shape index (κ1) is 14.7. The normalized spacial score (nSPS) is 11.3. The van der Waals surface area contributed by atoms with Crippen LogP contribution < -0.4 is 5.32 Å². The Kier molecular flexibility index (Phi) is 3.66. The Morgan fingerprint density at radius 2 is 1.42 bits per heavy atom. The summed E-state index contributed by atoms with van der Waals surface area (Å²) in [6.07, 6.45) is 1.90. The smallest absolute Gasteiger partial charge is 0.0807 e. The molecule has 2 nitrogen and oxygen atoms in total. The first-order chi connectivity index (χ1) is 11.7. The zero-order chi connectivity index (χ0) is 16.5. The largest absolute Gasteiger partial charge is 0.382 e. The lowest BCUT2D eigenvalue weighted by Crippen LogP contribution is -2.11. The summed E-state index contributed by atoms with van der Waals surface area (Å²) in [6, 6.07) is 23.7. The van der Waals surface area contributed by atoms with Crippen molar-refractivity contribution in [2.75, 3.05) is 5.32 Å². The maximum atomic E-state index is 4.76. The predicted molar refractivity (Wildman–Crippen MR) is 103 cm³/mol. The molecule has 2 heteroatoms. The summed E-state index contributed by atoms with van der Waals surface area (Å²) in [4.78, 5) is 4.76. The van der Waals surface area contributed by atoms with E-state index in [0.29, 0.717) is 6.04 Å². The Balaban J connectivity index is 2.10. The summed E-state index contributed by atoms with van der Waals surface area (Å²) in [5, 5.41) is 8.45. The third-order valence-electron chi connectivity index (χ3n) is 4.28. The molecule has 4 aromatic rings. The number of aromatic nitrogens is 1. The van der Waals surface area contributed by atoms with Gasteiger partial charge in [-0.25, -0.2) is 0 Å². The molecular formula is C22H20N2. The van der Waals surface area contributed by atoms with E-state index in [-0.39, 0.29) is 0 Å². The molecule has 3 aromatic carbocycles. The molecule has 4 rings (SSSR count). The SMILES string of the molecule is CC(C)Nc1ccc2ccccc2c1-c1nccc2ccccc12. The molecule has 0 aliphatic rings. The van der Waals surface area contributed by atoms with Crippen molar-refractivity contribution in [1.29, 1.82) is 0 Å². The highest BCUT2D eigenvalue weighted by Gasteiger charge is 2.14. The minimum Gasteiger partial charge on any atom is -0.382 e. The molecule has 24 heavy (non-hydrogen) atoms. The van der Waals surface area contributed by atoms with Gasteiger partial charge in [0.1, 0.15) is 0 Å². The molecular weight excluding hydrogens is 292 g/mol. The van der Waals surface area contributed by atoms with E-state index in [0.717, 1.165) is 11.4 Å². The molecule has 0 saturated heterocycles. The number of benzene rings is 3. The predicted octanol–water partition coefficient (Wildman–Crippen LogP) is 5.88. The van der Waals surface area contributed by atoms with Gasteiger partial charge >= 0.3 is 0 Å². The number of nitrogens with one attached hydrogen (secondary N) is 1. The molecule has 118 valence electrons. The molecule has 0 aliphatic heterocycles. The Labute approximate surface area is 142 Å². The molecule has 0 fully saturated rings.